The maximum atomic E-state index is 12.7. The molecule has 1 aromatic carbocycles. The van der Waals surface area contributed by atoms with E-state index >= 15 is 0 Å². The van der Waals surface area contributed by atoms with E-state index in [1.165, 1.54) is 23.4 Å². The van der Waals surface area contributed by atoms with Gasteiger partial charge in [0.1, 0.15) is 10.4 Å². The molecule has 3 rings (SSSR count). The smallest absolute Gasteiger partial charge is 0.332 e. The maximum absolute atomic E-state index is 12.7. The standard InChI is InChI=1S/C18H19ClN4O3S/c1-4-26-9-10-27-16-13-15(22(2)18(25)23(3)17(13)24)20-14(21-16)11-7-5-6-8-12(11)19/h5-8H,4,9-10H2,1-3H3. The molecule has 0 spiro atoms. The maximum Gasteiger partial charge on any atom is 0.332 e. The van der Waals surface area contributed by atoms with Crippen LogP contribution in [0.3, 0.4) is 0 Å². The van der Waals surface area contributed by atoms with Crippen LogP contribution in [0.25, 0.3) is 22.4 Å². The van der Waals surface area contributed by atoms with E-state index in [1.54, 1.807) is 19.2 Å². The van der Waals surface area contributed by atoms with Crippen molar-refractivity contribution in [2.45, 2.75) is 11.9 Å². The van der Waals surface area contributed by atoms with Crippen molar-refractivity contribution in [3.05, 3.63) is 50.1 Å². The number of hydrogen-bond donors (Lipinski definition) is 0. The zero-order valence-electron chi connectivity index (χ0n) is 15.2. The first-order valence-electron chi connectivity index (χ1n) is 8.39. The van der Waals surface area contributed by atoms with Crippen LogP contribution in [0.4, 0.5) is 0 Å². The predicted octanol–water partition coefficient (Wildman–Crippen LogP) is 2.48. The van der Waals surface area contributed by atoms with Gasteiger partial charge >= 0.3 is 5.69 Å². The molecular weight excluding hydrogens is 388 g/mol. The fourth-order valence-electron chi connectivity index (χ4n) is 2.64. The molecule has 0 aliphatic rings. The van der Waals surface area contributed by atoms with E-state index in [2.05, 4.69) is 9.97 Å². The number of rotatable bonds is 6. The largest absolute Gasteiger partial charge is 0.381 e. The number of nitrogens with zero attached hydrogens (tertiary/aromatic N) is 4. The SMILES string of the molecule is CCOCCSc1nc(-c2ccccc2Cl)nc2c1c(=O)n(C)c(=O)n2C. The van der Waals surface area contributed by atoms with Gasteiger partial charge in [0.2, 0.25) is 0 Å². The zero-order chi connectivity index (χ0) is 19.6. The lowest BCUT2D eigenvalue weighted by Crippen LogP contribution is -2.37. The van der Waals surface area contributed by atoms with Gasteiger partial charge in [-0.2, -0.15) is 0 Å². The third-order valence-electron chi connectivity index (χ3n) is 4.05. The first-order chi connectivity index (χ1) is 13.0. The number of halogens is 1. The Kier molecular flexibility index (Phi) is 5.98. The molecule has 0 N–H and O–H groups in total. The quantitative estimate of drug-likeness (QED) is 0.355. The number of aryl methyl sites for hydroxylation is 1. The van der Waals surface area contributed by atoms with Gasteiger partial charge in [0.15, 0.2) is 11.5 Å². The van der Waals surface area contributed by atoms with Crippen molar-refractivity contribution in [2.24, 2.45) is 14.1 Å². The fourth-order valence-corrected chi connectivity index (χ4v) is 3.73. The van der Waals surface area contributed by atoms with Gasteiger partial charge in [-0.1, -0.05) is 23.7 Å². The van der Waals surface area contributed by atoms with Crippen molar-refractivity contribution in [3.63, 3.8) is 0 Å². The highest BCUT2D eigenvalue weighted by molar-refractivity contribution is 7.99. The Morgan fingerprint density at radius 2 is 1.89 bits per heavy atom. The second kappa shape index (κ2) is 8.24. The van der Waals surface area contributed by atoms with E-state index in [1.807, 2.05) is 19.1 Å². The molecule has 0 amide bonds. The van der Waals surface area contributed by atoms with Crippen LogP contribution in [0, 0.1) is 0 Å². The lowest BCUT2D eigenvalue weighted by atomic mass is 10.2. The van der Waals surface area contributed by atoms with E-state index in [9.17, 15) is 9.59 Å². The molecule has 27 heavy (non-hydrogen) atoms. The molecule has 0 atom stereocenters. The average Bonchev–Trinajstić information content (AvgIpc) is 2.67. The first kappa shape index (κ1) is 19.6. The number of hydrogen-bond acceptors (Lipinski definition) is 6. The summed E-state index contributed by atoms with van der Waals surface area (Å²) >= 11 is 7.69. The minimum absolute atomic E-state index is 0.284. The minimum Gasteiger partial charge on any atom is -0.381 e. The molecule has 9 heteroatoms. The Morgan fingerprint density at radius 1 is 1.15 bits per heavy atom. The highest BCUT2D eigenvalue weighted by atomic mass is 35.5. The van der Waals surface area contributed by atoms with E-state index < -0.39 is 11.2 Å². The van der Waals surface area contributed by atoms with E-state index in [0.29, 0.717) is 45.8 Å². The summed E-state index contributed by atoms with van der Waals surface area (Å²) in [5.41, 5.74) is 0.0621. The third kappa shape index (κ3) is 3.78. The molecule has 3 aromatic rings. The molecule has 0 saturated carbocycles. The molecule has 7 nitrogen and oxygen atoms in total. The predicted molar refractivity (Wildman–Crippen MR) is 108 cm³/mol. The summed E-state index contributed by atoms with van der Waals surface area (Å²) in [7, 11) is 3.03. The van der Waals surface area contributed by atoms with Gasteiger partial charge in [0.25, 0.3) is 5.56 Å². The topological polar surface area (TPSA) is 79.0 Å². The van der Waals surface area contributed by atoms with Crippen LogP contribution >= 0.6 is 23.4 Å². The van der Waals surface area contributed by atoms with Gasteiger partial charge in [-0.15, -0.1) is 11.8 Å². The lowest BCUT2D eigenvalue weighted by Gasteiger charge is -2.12. The monoisotopic (exact) mass is 406 g/mol. The summed E-state index contributed by atoms with van der Waals surface area (Å²) in [4.78, 5) is 34.1. The van der Waals surface area contributed by atoms with Crippen molar-refractivity contribution >= 4 is 34.4 Å². The van der Waals surface area contributed by atoms with Gasteiger partial charge in [-0.05, 0) is 19.1 Å². The third-order valence-corrected chi connectivity index (χ3v) is 5.32. The second-order valence-electron chi connectivity index (χ2n) is 5.78. The Labute approximate surface area is 165 Å². The first-order valence-corrected chi connectivity index (χ1v) is 9.75. The summed E-state index contributed by atoms with van der Waals surface area (Å²) in [6, 6.07) is 7.20. The zero-order valence-corrected chi connectivity index (χ0v) is 16.8. The minimum atomic E-state index is -0.443. The summed E-state index contributed by atoms with van der Waals surface area (Å²) < 4.78 is 7.79. The van der Waals surface area contributed by atoms with Crippen molar-refractivity contribution in [2.75, 3.05) is 19.0 Å². The van der Waals surface area contributed by atoms with Crippen LogP contribution in [0.15, 0.2) is 38.9 Å². The fraction of sp³-hybridized carbons (Fsp3) is 0.333. The Morgan fingerprint density at radius 3 is 2.59 bits per heavy atom. The molecule has 142 valence electrons. The number of ether oxygens (including phenoxy) is 1. The molecule has 0 bridgehead atoms. The van der Waals surface area contributed by atoms with Gasteiger partial charge in [0, 0.05) is 32.0 Å². The molecule has 0 unspecified atom stereocenters. The molecule has 0 aliphatic heterocycles. The van der Waals surface area contributed by atoms with Crippen molar-refractivity contribution < 1.29 is 4.74 Å². The molecule has 0 aliphatic carbocycles. The Hall–Kier alpha value is -2.16. The van der Waals surface area contributed by atoms with Gasteiger partial charge in [0.05, 0.1) is 11.6 Å². The van der Waals surface area contributed by atoms with Crippen LogP contribution in [0.1, 0.15) is 6.92 Å². The molecule has 2 aromatic heterocycles. The normalized spacial score (nSPS) is 11.3. The molecule has 2 heterocycles. The highest BCUT2D eigenvalue weighted by Crippen LogP contribution is 2.29. The average molecular weight is 407 g/mol. The van der Waals surface area contributed by atoms with Crippen LogP contribution < -0.4 is 11.2 Å². The van der Waals surface area contributed by atoms with Crippen LogP contribution in [0.5, 0.6) is 0 Å². The number of thioether (sulfide) groups is 1. The molecular formula is C18H19ClN4O3S. The highest BCUT2D eigenvalue weighted by Gasteiger charge is 2.18. The van der Waals surface area contributed by atoms with Gasteiger partial charge in [-0.3, -0.25) is 13.9 Å². The Bertz CT molecular complexity index is 1110. The number of aromatic nitrogens is 4. The summed E-state index contributed by atoms with van der Waals surface area (Å²) in [5, 5.41) is 1.32. The summed E-state index contributed by atoms with van der Waals surface area (Å²) in [6.45, 7) is 3.07. The number of benzene rings is 1. The summed E-state index contributed by atoms with van der Waals surface area (Å²) in [5.74, 6) is 0.990. The van der Waals surface area contributed by atoms with Gasteiger partial charge < -0.3 is 4.74 Å². The Balaban J connectivity index is 2.27. The van der Waals surface area contributed by atoms with Crippen LogP contribution in [-0.4, -0.2) is 38.1 Å². The number of fused-ring (bicyclic) bond motifs is 1. The second-order valence-corrected chi connectivity index (χ2v) is 7.27. The van der Waals surface area contributed by atoms with E-state index in [4.69, 9.17) is 16.3 Å². The lowest BCUT2D eigenvalue weighted by molar-refractivity contribution is 0.164. The van der Waals surface area contributed by atoms with Crippen LogP contribution in [0.2, 0.25) is 5.02 Å². The molecule has 0 fully saturated rings. The molecule has 0 radical (unpaired) electrons. The van der Waals surface area contributed by atoms with Crippen LogP contribution in [-0.2, 0) is 18.8 Å². The van der Waals surface area contributed by atoms with Crippen molar-refractivity contribution in [1.29, 1.82) is 0 Å². The van der Waals surface area contributed by atoms with Crippen molar-refractivity contribution in [3.8, 4) is 11.4 Å². The van der Waals surface area contributed by atoms with Crippen molar-refractivity contribution in [1.82, 2.24) is 19.1 Å². The van der Waals surface area contributed by atoms with Gasteiger partial charge in [-0.25, -0.2) is 14.8 Å². The van der Waals surface area contributed by atoms with E-state index in [-0.39, 0.29) is 5.65 Å². The molecule has 0 saturated heterocycles. The van der Waals surface area contributed by atoms with E-state index in [0.717, 1.165) is 4.57 Å². The summed E-state index contributed by atoms with van der Waals surface area (Å²) in [6.07, 6.45) is 0.